The molecule has 1 rings (SSSR count). The van der Waals surface area contributed by atoms with Gasteiger partial charge >= 0.3 is 6.18 Å². The van der Waals surface area contributed by atoms with Crippen molar-refractivity contribution in [2.24, 2.45) is 11.8 Å². The van der Waals surface area contributed by atoms with Crippen molar-refractivity contribution >= 4 is 5.91 Å². The molecule has 1 aliphatic carbocycles. The summed E-state index contributed by atoms with van der Waals surface area (Å²) in [4.78, 5) is 16.9. The van der Waals surface area contributed by atoms with Gasteiger partial charge in [-0.25, -0.2) is 0 Å². The Hall–Kier alpha value is -1.12. The number of halogens is 3. The van der Waals surface area contributed by atoms with Gasteiger partial charge in [-0.05, 0) is 45.1 Å². The van der Waals surface area contributed by atoms with Gasteiger partial charge in [-0.2, -0.15) is 13.2 Å². The van der Waals surface area contributed by atoms with E-state index in [0.29, 0.717) is 17.3 Å². The number of amides is 1. The Morgan fingerprint density at radius 3 is 2.39 bits per heavy atom. The Balaban J connectivity index is 2.47. The summed E-state index contributed by atoms with van der Waals surface area (Å²) >= 11 is 0. The molecule has 0 radical (unpaired) electrons. The van der Waals surface area contributed by atoms with Gasteiger partial charge in [0, 0.05) is 18.2 Å². The van der Waals surface area contributed by atoms with Gasteiger partial charge in [0.2, 0.25) is 5.91 Å². The summed E-state index contributed by atoms with van der Waals surface area (Å²) in [6.45, 7) is 3.75. The predicted molar refractivity (Wildman–Crippen MR) is 79.7 cm³/mol. The molecular formula is C15H24F3N2O3-. The number of nitrogens with one attached hydrogen (secondary N) is 1. The summed E-state index contributed by atoms with van der Waals surface area (Å²) in [6, 6.07) is 0. The monoisotopic (exact) mass is 337 g/mol. The highest BCUT2D eigenvalue weighted by atomic mass is 19.4. The summed E-state index contributed by atoms with van der Waals surface area (Å²) in [6.07, 6.45) is -1.64. The first-order valence-corrected chi connectivity index (χ1v) is 7.92. The van der Waals surface area contributed by atoms with Crippen LogP contribution in [0.3, 0.4) is 0 Å². The number of hydrogen-bond acceptors (Lipinski definition) is 4. The Kier molecular flexibility index (Phi) is 8.01. The van der Waals surface area contributed by atoms with Crippen molar-refractivity contribution in [3.05, 3.63) is 17.0 Å². The molecule has 1 saturated carbocycles. The normalized spacial score (nSPS) is 23.2. The molecule has 134 valence electrons. The molecule has 23 heavy (non-hydrogen) atoms. The molecule has 8 heteroatoms. The predicted octanol–water partition coefficient (Wildman–Crippen LogP) is 3.52. The van der Waals surface area contributed by atoms with E-state index < -0.39 is 18.0 Å². The number of carbonyl (C=O) groups excluding carboxylic acids is 1. The topological polar surface area (TPSA) is 64.6 Å². The van der Waals surface area contributed by atoms with E-state index in [-0.39, 0.29) is 44.7 Å². The highest BCUT2D eigenvalue weighted by molar-refractivity contribution is 5.80. The van der Waals surface area contributed by atoms with Crippen molar-refractivity contribution in [2.75, 3.05) is 13.2 Å². The Labute approximate surface area is 134 Å². The van der Waals surface area contributed by atoms with Crippen LogP contribution in [0.5, 0.6) is 0 Å². The van der Waals surface area contributed by atoms with Crippen molar-refractivity contribution in [1.29, 1.82) is 0 Å². The lowest BCUT2D eigenvalue weighted by Gasteiger charge is -2.29. The smallest absolute Gasteiger partial charge is 0.391 e. The minimum absolute atomic E-state index is 0.00849. The second-order valence-corrected chi connectivity index (χ2v) is 5.60. The van der Waals surface area contributed by atoms with Gasteiger partial charge in [-0.15, -0.1) is 0 Å². The maximum absolute atomic E-state index is 12.6. The van der Waals surface area contributed by atoms with Crippen molar-refractivity contribution < 1.29 is 22.8 Å². The molecule has 1 amide bonds. The first-order valence-electron chi connectivity index (χ1n) is 7.92. The molecule has 5 nitrogen and oxygen atoms in total. The number of hydroxylamine groups is 2. The molecule has 0 saturated heterocycles. The molecule has 0 aromatic carbocycles. The zero-order valence-electron chi connectivity index (χ0n) is 13.5. The largest absolute Gasteiger partial charge is 0.762 e. The van der Waals surface area contributed by atoms with Crippen molar-refractivity contribution in [3.63, 3.8) is 0 Å². The van der Waals surface area contributed by atoms with E-state index >= 15 is 0 Å². The van der Waals surface area contributed by atoms with Gasteiger partial charge in [-0.3, -0.25) is 10.0 Å². The summed E-state index contributed by atoms with van der Waals surface area (Å²) < 4.78 is 37.9. The Morgan fingerprint density at radius 1 is 1.30 bits per heavy atom. The van der Waals surface area contributed by atoms with Crippen molar-refractivity contribution in [3.8, 4) is 0 Å². The highest BCUT2D eigenvalue weighted by Crippen LogP contribution is 2.39. The van der Waals surface area contributed by atoms with Gasteiger partial charge < -0.3 is 15.4 Å². The van der Waals surface area contributed by atoms with Crippen LogP contribution in [0.4, 0.5) is 13.2 Å². The Morgan fingerprint density at radius 2 is 1.91 bits per heavy atom. The lowest BCUT2D eigenvalue weighted by Crippen LogP contribution is -2.35. The molecule has 0 aromatic heterocycles. The molecule has 0 heterocycles. The highest BCUT2D eigenvalue weighted by Gasteiger charge is 2.42. The van der Waals surface area contributed by atoms with Crippen LogP contribution in [0.25, 0.3) is 0 Å². The first kappa shape index (κ1) is 19.9. The van der Waals surface area contributed by atoms with Crippen LogP contribution in [0, 0.1) is 17.0 Å². The number of carbonyl (C=O) groups is 1. The van der Waals surface area contributed by atoms with E-state index in [1.165, 1.54) is 0 Å². The average Bonchev–Trinajstić information content (AvgIpc) is 2.50. The standard InChI is InChI=1S/C15H24F3N2O3/c1-3-13(9-10-20(22)23-4-2)19-14(21)11-5-7-12(8-6-11)15(16,17)18/h9,11-12H,3-8,10H2,1-2H3,(H,19,21)/q-1/b13-9-. The molecule has 0 atom stereocenters. The third-order valence-corrected chi connectivity index (χ3v) is 3.99. The van der Waals surface area contributed by atoms with E-state index in [4.69, 9.17) is 4.84 Å². The maximum atomic E-state index is 12.6. The van der Waals surface area contributed by atoms with Crippen LogP contribution < -0.4 is 5.32 Å². The maximum Gasteiger partial charge on any atom is 0.391 e. The van der Waals surface area contributed by atoms with Gasteiger partial charge in [0.1, 0.15) is 0 Å². The van der Waals surface area contributed by atoms with Crippen LogP contribution in [0.1, 0.15) is 46.0 Å². The molecular weight excluding hydrogens is 313 g/mol. The van der Waals surface area contributed by atoms with E-state index in [1.54, 1.807) is 13.0 Å². The summed E-state index contributed by atoms with van der Waals surface area (Å²) in [5.41, 5.74) is 0.577. The average molecular weight is 337 g/mol. The number of rotatable bonds is 7. The third-order valence-electron chi connectivity index (χ3n) is 3.99. The van der Waals surface area contributed by atoms with E-state index in [2.05, 4.69) is 5.32 Å². The second kappa shape index (κ2) is 9.24. The zero-order valence-corrected chi connectivity index (χ0v) is 13.5. The van der Waals surface area contributed by atoms with Crippen LogP contribution in [-0.2, 0) is 9.63 Å². The fraction of sp³-hybridized carbons (Fsp3) is 0.800. The third kappa shape index (κ3) is 6.88. The fourth-order valence-electron chi connectivity index (χ4n) is 2.61. The molecule has 1 fully saturated rings. The van der Waals surface area contributed by atoms with Gasteiger partial charge in [0.15, 0.2) is 0 Å². The minimum Gasteiger partial charge on any atom is -0.762 e. The molecule has 1 aliphatic rings. The molecule has 0 aliphatic heterocycles. The lowest BCUT2D eigenvalue weighted by molar-refractivity contribution is -0.184. The van der Waals surface area contributed by atoms with Crippen LogP contribution >= 0.6 is 0 Å². The molecule has 0 spiro atoms. The second-order valence-electron chi connectivity index (χ2n) is 5.60. The summed E-state index contributed by atoms with van der Waals surface area (Å²) in [5.74, 6) is -1.97. The zero-order chi connectivity index (χ0) is 17.5. The van der Waals surface area contributed by atoms with Gasteiger partial charge in [0.05, 0.1) is 12.5 Å². The molecule has 0 aromatic rings. The summed E-state index contributed by atoms with van der Waals surface area (Å²) in [5, 5.41) is 14.3. The van der Waals surface area contributed by atoms with E-state index in [9.17, 15) is 23.2 Å². The van der Waals surface area contributed by atoms with Crippen LogP contribution in [0.15, 0.2) is 11.8 Å². The van der Waals surface area contributed by atoms with Crippen LogP contribution in [-0.4, -0.2) is 30.5 Å². The SMILES string of the molecule is CCON([O-])C/C=C(/CC)NC(=O)C1CCC(C(F)(F)F)CC1. The molecule has 0 bridgehead atoms. The molecule has 0 unspecified atom stereocenters. The van der Waals surface area contributed by atoms with E-state index in [1.807, 2.05) is 6.92 Å². The first-order chi connectivity index (χ1) is 10.8. The number of alkyl halides is 3. The number of allylic oxidation sites excluding steroid dienone is 1. The van der Waals surface area contributed by atoms with Gasteiger partial charge in [0.25, 0.3) is 0 Å². The lowest BCUT2D eigenvalue weighted by atomic mass is 9.81. The van der Waals surface area contributed by atoms with Gasteiger partial charge in [-0.1, -0.05) is 6.92 Å². The number of hydrogen-bond donors (Lipinski definition) is 1. The quantitative estimate of drug-likeness (QED) is 0.722. The minimum atomic E-state index is -4.17. The summed E-state index contributed by atoms with van der Waals surface area (Å²) in [7, 11) is 0. The van der Waals surface area contributed by atoms with Crippen molar-refractivity contribution in [1.82, 2.24) is 10.5 Å². The Bertz CT molecular complexity index is 405. The van der Waals surface area contributed by atoms with E-state index in [0.717, 1.165) is 0 Å². The molecule has 1 N–H and O–H groups in total. The van der Waals surface area contributed by atoms with Crippen molar-refractivity contribution in [2.45, 2.75) is 52.1 Å². The van der Waals surface area contributed by atoms with Crippen LogP contribution in [0.2, 0.25) is 0 Å². The number of nitrogens with zero attached hydrogens (tertiary/aromatic N) is 1. The fourth-order valence-corrected chi connectivity index (χ4v) is 2.61.